The van der Waals surface area contributed by atoms with Crippen LogP contribution >= 0.6 is 0 Å². The van der Waals surface area contributed by atoms with Gasteiger partial charge in [-0.3, -0.25) is 0 Å². The second kappa shape index (κ2) is 31.1. The Morgan fingerprint density at radius 3 is 1.32 bits per heavy atom. The predicted molar refractivity (Wildman–Crippen MR) is 139 cm³/mol. The first kappa shape index (κ1) is 51.6. The zero-order valence-electron chi connectivity index (χ0n) is 27.6. The van der Waals surface area contributed by atoms with Gasteiger partial charge in [-0.05, 0) is 48.0 Å². The summed E-state index contributed by atoms with van der Waals surface area (Å²) in [5.74, 6) is -0.439. The van der Waals surface area contributed by atoms with Gasteiger partial charge in [-0.15, -0.1) is 0 Å². The first-order chi connectivity index (χ1) is 17.6. The van der Waals surface area contributed by atoms with Crippen molar-refractivity contribution >= 4 is 18.5 Å². The van der Waals surface area contributed by atoms with Crippen LogP contribution in [0, 0.1) is 5.92 Å². The Labute approximate surface area is 320 Å². The maximum Gasteiger partial charge on any atom is 1.00 e. The molecule has 0 rings (SSSR count). The minimum atomic E-state index is -1.19. The number of unbranched alkanes of at least 4 members (excludes halogenated alkanes) is 7. The van der Waals surface area contributed by atoms with Gasteiger partial charge in [0, 0.05) is 0 Å². The van der Waals surface area contributed by atoms with Crippen molar-refractivity contribution in [3.05, 3.63) is 0 Å². The fourth-order valence-corrected chi connectivity index (χ4v) is 4.57. The molecule has 0 spiro atoms. The number of quaternary nitrogens is 1. The van der Waals surface area contributed by atoms with Crippen molar-refractivity contribution < 1.29 is 150 Å². The van der Waals surface area contributed by atoms with Gasteiger partial charge in [0.1, 0.15) is 6.10 Å². The maximum atomic E-state index is 12.2. The molecule has 0 amide bonds. The molecule has 41 heavy (non-hydrogen) atoms. The van der Waals surface area contributed by atoms with Crippen molar-refractivity contribution in [2.24, 2.45) is 5.92 Å². The molecule has 0 aromatic rings. The fourth-order valence-electron chi connectivity index (χ4n) is 4.57. The van der Waals surface area contributed by atoms with E-state index >= 15 is 0 Å². The summed E-state index contributed by atoms with van der Waals surface area (Å²) >= 11 is 0. The number of hydrogen-bond acceptors (Lipinski definition) is 9. The van der Waals surface area contributed by atoms with Crippen LogP contribution in [0.25, 0.3) is 0 Å². The number of halogens is 1. The molecular formula is C27H52ClNNa3O9+3. The zero-order chi connectivity index (χ0) is 28.3. The molecule has 3 N–H and O–H groups in total. The molecular weight excluding hydrogens is 587 g/mol. The van der Waals surface area contributed by atoms with Crippen LogP contribution in [0.4, 0.5) is 14.4 Å². The minimum Gasteiger partial charge on any atom is -1.00 e. The summed E-state index contributed by atoms with van der Waals surface area (Å²) < 4.78 is 31.6. The molecule has 10 nitrogen and oxygen atoms in total. The molecule has 14 heteroatoms. The summed E-state index contributed by atoms with van der Waals surface area (Å²) in [6.45, 7) is 12.8. The van der Waals surface area contributed by atoms with Gasteiger partial charge in [0.2, 0.25) is 0 Å². The third-order valence-corrected chi connectivity index (χ3v) is 6.75. The van der Waals surface area contributed by atoms with Crippen LogP contribution < -0.4 is 107 Å². The van der Waals surface area contributed by atoms with Gasteiger partial charge in [0.05, 0.1) is 25.7 Å². The number of ether oxygens (including phenoxy) is 6. The van der Waals surface area contributed by atoms with Gasteiger partial charge in [-0.25, -0.2) is 14.4 Å². The quantitative estimate of drug-likeness (QED) is 0.0635. The van der Waals surface area contributed by atoms with Crippen molar-refractivity contribution in [2.45, 2.75) is 130 Å². The summed E-state index contributed by atoms with van der Waals surface area (Å²) in [5, 5.41) is 0. The molecule has 0 bridgehead atoms. The van der Waals surface area contributed by atoms with Crippen LogP contribution in [-0.4, -0.2) is 62.1 Å². The van der Waals surface area contributed by atoms with Crippen LogP contribution in [0.15, 0.2) is 0 Å². The van der Waals surface area contributed by atoms with E-state index < -0.39 is 48.2 Å². The summed E-state index contributed by atoms with van der Waals surface area (Å²) in [6, 6.07) is 0. The molecule has 0 aliphatic rings. The minimum absolute atomic E-state index is 0. The van der Waals surface area contributed by atoms with E-state index in [-0.39, 0.29) is 121 Å². The molecule has 0 aliphatic carbocycles. The van der Waals surface area contributed by atoms with Gasteiger partial charge in [0.25, 0.3) is 0 Å². The largest absolute Gasteiger partial charge is 1.00 e. The molecule has 0 heterocycles. The van der Waals surface area contributed by atoms with Crippen LogP contribution in [-0.2, 0) is 28.4 Å². The molecule has 0 radical (unpaired) electrons. The molecule has 0 aromatic carbocycles. The first-order valence-electron chi connectivity index (χ1n) is 13.9. The van der Waals surface area contributed by atoms with E-state index in [1.54, 1.807) is 41.5 Å². The molecule has 0 saturated heterocycles. The summed E-state index contributed by atoms with van der Waals surface area (Å²) in [7, 11) is 0. The Bertz CT molecular complexity index is 640. The van der Waals surface area contributed by atoms with Gasteiger partial charge in [-0.2, -0.15) is 0 Å². The van der Waals surface area contributed by atoms with Crippen molar-refractivity contribution in [2.75, 3.05) is 19.8 Å². The van der Waals surface area contributed by atoms with Crippen molar-refractivity contribution in [3.63, 3.8) is 0 Å². The van der Waals surface area contributed by atoms with E-state index in [9.17, 15) is 14.4 Å². The van der Waals surface area contributed by atoms with E-state index in [0.717, 1.165) is 19.3 Å². The maximum absolute atomic E-state index is 12.2. The molecule has 0 aliphatic heterocycles. The van der Waals surface area contributed by atoms with E-state index in [1.807, 2.05) is 0 Å². The predicted octanol–water partition coefficient (Wildman–Crippen LogP) is -6.19. The fraction of sp³-hybridized carbons (Fsp3) is 0.889. The Hall–Kier alpha value is 1.06. The molecule has 4 unspecified atom stereocenters. The van der Waals surface area contributed by atoms with Crippen molar-refractivity contribution in [1.29, 1.82) is 0 Å². The Morgan fingerprint density at radius 2 is 0.951 bits per heavy atom. The van der Waals surface area contributed by atoms with Gasteiger partial charge >= 0.3 is 107 Å². The van der Waals surface area contributed by atoms with E-state index in [2.05, 4.69) is 12.7 Å². The van der Waals surface area contributed by atoms with E-state index in [0.29, 0.717) is 6.42 Å². The van der Waals surface area contributed by atoms with E-state index in [1.165, 1.54) is 32.1 Å². The Kier molecular flexibility index (Phi) is 39.1. The van der Waals surface area contributed by atoms with Crippen molar-refractivity contribution in [1.82, 2.24) is 0 Å². The smallest absolute Gasteiger partial charge is 1.00 e. The number of carbonyl (C=O) groups excluding carboxylic acids is 3. The molecule has 4 atom stereocenters. The average molecular weight is 639 g/mol. The van der Waals surface area contributed by atoms with E-state index in [4.69, 9.17) is 28.4 Å². The average Bonchev–Trinajstić information content (AvgIpc) is 2.82. The molecule has 0 fully saturated rings. The molecule has 0 aromatic heterocycles. The van der Waals surface area contributed by atoms with Gasteiger partial charge in [0.15, 0.2) is 17.7 Å². The van der Waals surface area contributed by atoms with Crippen LogP contribution in [0.3, 0.4) is 0 Å². The number of hydrogen-bond donors (Lipinski definition) is 1. The third-order valence-electron chi connectivity index (χ3n) is 6.75. The summed E-state index contributed by atoms with van der Waals surface area (Å²) in [6.07, 6.45) is 4.77. The Morgan fingerprint density at radius 1 is 0.610 bits per heavy atom. The normalized spacial score (nSPS) is 14.3. The van der Waals surface area contributed by atoms with Crippen LogP contribution in [0.2, 0.25) is 0 Å². The second-order valence-corrected chi connectivity index (χ2v) is 9.37. The van der Waals surface area contributed by atoms with Gasteiger partial charge < -0.3 is 46.6 Å². The monoisotopic (exact) mass is 638 g/mol. The molecule has 0 saturated carbocycles. The topological polar surface area (TPSA) is 134 Å². The zero-order valence-corrected chi connectivity index (χ0v) is 34.3. The first-order valence-corrected chi connectivity index (χ1v) is 13.9. The summed E-state index contributed by atoms with van der Waals surface area (Å²) in [4.78, 5) is 36.6. The third kappa shape index (κ3) is 21.4. The standard InChI is InChI=1S/C27H51NO9.ClH.3Na/c1-8-12-13-14-15-16-17-18-19-23(20(5)35-24(29)32-9-2)27(28,21(6)36-25(30)33-10-3)22(7)37-26(31)34-11-4;;;;/h20-23H,8-19,28H2,1-7H3;1H;;;/q;;3*+1. The van der Waals surface area contributed by atoms with Crippen molar-refractivity contribution in [3.8, 4) is 0 Å². The SMILES string of the molecule is CCCCCCCCCCC(C(C)OC(=O)OCC)C([NH3+])(C(C)OC(=O)OCC)C(C)OC(=O)OCC.[Cl-].[Na+].[Na+].[Na+]. The second-order valence-electron chi connectivity index (χ2n) is 9.37. The summed E-state index contributed by atoms with van der Waals surface area (Å²) in [5.41, 5.74) is 3.23. The number of rotatable bonds is 19. The number of carbonyl (C=O) groups is 3. The van der Waals surface area contributed by atoms with Crippen LogP contribution in [0.1, 0.15) is 106 Å². The Balaban J connectivity index is -0.00000108. The van der Waals surface area contributed by atoms with Gasteiger partial charge in [-0.1, -0.05) is 58.3 Å². The van der Waals surface area contributed by atoms with Crippen LogP contribution in [0.5, 0.6) is 0 Å². The molecule has 226 valence electrons.